The second-order valence-electron chi connectivity index (χ2n) is 5.21. The van der Waals surface area contributed by atoms with Gasteiger partial charge >= 0.3 is 0 Å². The first-order valence-electron chi connectivity index (χ1n) is 7.41. The molecule has 0 amide bonds. The topological polar surface area (TPSA) is 26.3 Å². The monoisotopic (exact) mass is 280 g/mol. The van der Waals surface area contributed by atoms with Gasteiger partial charge in [-0.05, 0) is 37.8 Å². The van der Waals surface area contributed by atoms with Crippen molar-refractivity contribution in [1.29, 1.82) is 0 Å². The van der Waals surface area contributed by atoms with Crippen molar-refractivity contribution in [3.63, 3.8) is 0 Å². The molecule has 0 aromatic heterocycles. The largest absolute Gasteiger partial charge is 0.494 e. The van der Waals surface area contributed by atoms with Crippen molar-refractivity contribution in [2.24, 2.45) is 0 Å². The van der Waals surface area contributed by atoms with Gasteiger partial charge in [-0.15, -0.1) is 0 Å². The van der Waals surface area contributed by atoms with Crippen molar-refractivity contribution in [3.05, 3.63) is 30.3 Å². The lowest BCUT2D eigenvalue weighted by atomic mass is 10.0. The van der Waals surface area contributed by atoms with Crippen LogP contribution in [0.15, 0.2) is 30.3 Å². The number of benzene rings is 1. The van der Waals surface area contributed by atoms with Crippen LogP contribution in [0.25, 0.3) is 0 Å². The lowest BCUT2D eigenvalue weighted by Gasteiger charge is -2.20. The van der Waals surface area contributed by atoms with E-state index in [0.717, 1.165) is 31.0 Å². The van der Waals surface area contributed by atoms with Gasteiger partial charge in [-0.1, -0.05) is 37.5 Å². The predicted octanol–water partition coefficient (Wildman–Crippen LogP) is 3.93. The lowest BCUT2D eigenvalue weighted by Crippen LogP contribution is -2.20. The molecular formula is C16H24O2S. The van der Waals surface area contributed by atoms with E-state index in [0.29, 0.717) is 5.25 Å². The molecule has 19 heavy (non-hydrogen) atoms. The van der Waals surface area contributed by atoms with Crippen LogP contribution in [0, 0.1) is 0 Å². The van der Waals surface area contributed by atoms with E-state index in [1.807, 2.05) is 30.3 Å². The van der Waals surface area contributed by atoms with Crippen molar-refractivity contribution >= 4 is 10.8 Å². The van der Waals surface area contributed by atoms with Crippen molar-refractivity contribution in [1.82, 2.24) is 0 Å². The fourth-order valence-electron chi connectivity index (χ4n) is 2.55. The van der Waals surface area contributed by atoms with E-state index in [9.17, 15) is 4.21 Å². The van der Waals surface area contributed by atoms with Gasteiger partial charge in [0.05, 0.1) is 6.61 Å². The number of hydrogen-bond acceptors (Lipinski definition) is 2. The van der Waals surface area contributed by atoms with Gasteiger partial charge < -0.3 is 4.74 Å². The Morgan fingerprint density at radius 1 is 1.05 bits per heavy atom. The van der Waals surface area contributed by atoms with Gasteiger partial charge in [-0.25, -0.2) is 0 Å². The van der Waals surface area contributed by atoms with Gasteiger partial charge in [0.2, 0.25) is 0 Å². The Hall–Kier alpha value is -0.830. The molecule has 0 aliphatic heterocycles. The minimum atomic E-state index is -0.610. The molecule has 1 saturated carbocycles. The van der Waals surface area contributed by atoms with Crippen LogP contribution in [0.4, 0.5) is 0 Å². The zero-order chi connectivity index (χ0) is 13.3. The predicted molar refractivity (Wildman–Crippen MR) is 81.1 cm³/mol. The first-order valence-corrected chi connectivity index (χ1v) is 8.79. The number of para-hydroxylation sites is 1. The Bertz CT molecular complexity index is 372. The average Bonchev–Trinajstić information content (AvgIpc) is 2.49. The third-order valence-electron chi connectivity index (χ3n) is 3.68. The molecule has 1 aromatic rings. The summed E-state index contributed by atoms with van der Waals surface area (Å²) in [5.41, 5.74) is 0. The molecule has 2 nitrogen and oxygen atoms in total. The Balaban J connectivity index is 1.55. The van der Waals surface area contributed by atoms with E-state index < -0.39 is 10.8 Å². The highest BCUT2D eigenvalue weighted by Crippen LogP contribution is 2.22. The highest BCUT2D eigenvalue weighted by atomic mass is 32.2. The van der Waals surface area contributed by atoms with Crippen molar-refractivity contribution < 1.29 is 8.95 Å². The molecule has 1 aliphatic carbocycles. The molecule has 0 heterocycles. The van der Waals surface area contributed by atoms with Crippen LogP contribution in [0.5, 0.6) is 5.75 Å². The molecule has 3 heteroatoms. The standard InChI is InChI=1S/C16H24O2S/c17-19(16-11-5-2-6-12-16)14-8-7-13-18-15-9-3-1-4-10-15/h1,3-4,9-10,16H,2,5-8,11-14H2. The SMILES string of the molecule is O=S(CCCCOc1ccccc1)C1CCCCC1. The van der Waals surface area contributed by atoms with Gasteiger partial charge in [0.1, 0.15) is 5.75 Å². The van der Waals surface area contributed by atoms with Crippen LogP contribution in [-0.4, -0.2) is 21.8 Å². The first kappa shape index (κ1) is 14.6. The van der Waals surface area contributed by atoms with Crippen LogP contribution < -0.4 is 4.74 Å². The van der Waals surface area contributed by atoms with Gasteiger partial charge in [0.25, 0.3) is 0 Å². The van der Waals surface area contributed by atoms with Gasteiger partial charge in [0.15, 0.2) is 0 Å². The van der Waals surface area contributed by atoms with E-state index in [1.54, 1.807) is 0 Å². The summed E-state index contributed by atoms with van der Waals surface area (Å²) >= 11 is 0. The summed E-state index contributed by atoms with van der Waals surface area (Å²) in [6.07, 6.45) is 8.23. The van der Waals surface area contributed by atoms with Crippen LogP contribution in [0.2, 0.25) is 0 Å². The minimum Gasteiger partial charge on any atom is -0.494 e. The maximum absolute atomic E-state index is 12.1. The van der Waals surface area contributed by atoms with Crippen LogP contribution >= 0.6 is 0 Å². The molecular weight excluding hydrogens is 256 g/mol. The summed E-state index contributed by atoms with van der Waals surface area (Å²) in [7, 11) is -0.610. The molecule has 1 unspecified atom stereocenters. The smallest absolute Gasteiger partial charge is 0.119 e. The van der Waals surface area contributed by atoms with Crippen molar-refractivity contribution in [2.75, 3.05) is 12.4 Å². The number of unbranched alkanes of at least 4 members (excludes halogenated alkanes) is 1. The molecule has 106 valence electrons. The van der Waals surface area contributed by atoms with E-state index >= 15 is 0 Å². The molecule has 0 N–H and O–H groups in total. The zero-order valence-corrected chi connectivity index (χ0v) is 12.4. The molecule has 1 fully saturated rings. The van der Waals surface area contributed by atoms with E-state index in [2.05, 4.69) is 0 Å². The quantitative estimate of drug-likeness (QED) is 0.707. The molecule has 0 bridgehead atoms. The van der Waals surface area contributed by atoms with Gasteiger partial charge in [-0.2, -0.15) is 0 Å². The number of hydrogen-bond donors (Lipinski definition) is 0. The summed E-state index contributed by atoms with van der Waals surface area (Å²) in [5, 5.41) is 0.476. The first-order chi connectivity index (χ1) is 9.36. The van der Waals surface area contributed by atoms with E-state index in [-0.39, 0.29) is 0 Å². The Kier molecular flexibility index (Phi) is 6.42. The van der Waals surface area contributed by atoms with Crippen molar-refractivity contribution in [2.45, 2.75) is 50.2 Å². The molecule has 1 aliphatic rings. The molecule has 1 atom stereocenters. The zero-order valence-electron chi connectivity index (χ0n) is 11.6. The second kappa shape index (κ2) is 8.36. The molecule has 0 radical (unpaired) electrons. The molecule has 0 saturated heterocycles. The summed E-state index contributed by atoms with van der Waals surface area (Å²) in [6.45, 7) is 0.728. The Morgan fingerprint density at radius 2 is 1.79 bits per heavy atom. The molecule has 0 spiro atoms. The maximum atomic E-state index is 12.1. The number of ether oxygens (including phenoxy) is 1. The Morgan fingerprint density at radius 3 is 2.53 bits per heavy atom. The van der Waals surface area contributed by atoms with Crippen LogP contribution in [0.1, 0.15) is 44.9 Å². The average molecular weight is 280 g/mol. The van der Waals surface area contributed by atoms with Crippen molar-refractivity contribution in [3.8, 4) is 5.75 Å². The van der Waals surface area contributed by atoms with Gasteiger partial charge in [0, 0.05) is 21.8 Å². The van der Waals surface area contributed by atoms with E-state index in [1.165, 1.54) is 32.1 Å². The Labute approximate surface area is 119 Å². The summed E-state index contributed by atoms with van der Waals surface area (Å²) in [6, 6.07) is 9.89. The van der Waals surface area contributed by atoms with Gasteiger partial charge in [-0.3, -0.25) is 4.21 Å². The fraction of sp³-hybridized carbons (Fsp3) is 0.625. The van der Waals surface area contributed by atoms with Crippen LogP contribution in [-0.2, 0) is 10.8 Å². The molecule has 2 rings (SSSR count). The highest BCUT2D eigenvalue weighted by molar-refractivity contribution is 7.85. The summed E-state index contributed by atoms with van der Waals surface area (Å²) in [4.78, 5) is 0. The summed E-state index contributed by atoms with van der Waals surface area (Å²) in [5.74, 6) is 1.78. The third kappa shape index (κ3) is 5.35. The van der Waals surface area contributed by atoms with Crippen LogP contribution in [0.3, 0.4) is 0 Å². The van der Waals surface area contributed by atoms with E-state index in [4.69, 9.17) is 4.74 Å². The second-order valence-corrected chi connectivity index (χ2v) is 7.05. The fourth-order valence-corrected chi connectivity index (χ4v) is 4.23. The highest BCUT2D eigenvalue weighted by Gasteiger charge is 2.18. The lowest BCUT2D eigenvalue weighted by molar-refractivity contribution is 0.309. The third-order valence-corrected chi connectivity index (χ3v) is 5.58. The maximum Gasteiger partial charge on any atom is 0.119 e. The number of rotatable bonds is 7. The normalized spacial score (nSPS) is 18.1. The summed E-state index contributed by atoms with van der Waals surface area (Å²) < 4.78 is 17.7. The minimum absolute atomic E-state index is 0.476. The molecule has 1 aromatic carbocycles.